The van der Waals surface area contributed by atoms with E-state index in [4.69, 9.17) is 0 Å². The molecule has 0 aliphatic heterocycles. The molecule has 0 fully saturated rings. The second-order valence-corrected chi connectivity index (χ2v) is 16.5. The number of unbranched alkanes of at least 4 members (excludes halogenated alkanes) is 31. The maximum atomic E-state index is 12.5. The molecule has 0 aliphatic rings. The molecule has 0 bridgehead atoms. The monoisotopic (exact) mass is 702 g/mol. The highest BCUT2D eigenvalue weighted by Gasteiger charge is 2.26. The number of carbonyl (C=O) groups excluding carboxylic acids is 1. The van der Waals surface area contributed by atoms with Gasteiger partial charge in [0.05, 0.1) is 17.9 Å². The van der Waals surface area contributed by atoms with Crippen molar-refractivity contribution in [2.45, 2.75) is 251 Å². The van der Waals surface area contributed by atoms with E-state index in [1.807, 2.05) is 0 Å². The van der Waals surface area contributed by atoms with Crippen molar-refractivity contribution in [1.29, 1.82) is 0 Å². The van der Waals surface area contributed by atoms with Crippen LogP contribution < -0.4 is 5.32 Å². The Morgan fingerprint density at radius 3 is 1.04 bits per heavy atom. The van der Waals surface area contributed by atoms with E-state index >= 15 is 0 Å². The molecule has 3 N–H and O–H groups in total. The highest BCUT2D eigenvalue weighted by molar-refractivity contribution is 7.85. The van der Waals surface area contributed by atoms with Gasteiger partial charge in [-0.1, -0.05) is 219 Å². The van der Waals surface area contributed by atoms with E-state index in [0.29, 0.717) is 12.8 Å². The Balaban J connectivity index is 3.80. The lowest BCUT2D eigenvalue weighted by atomic mass is 10.0. The van der Waals surface area contributed by atoms with Gasteiger partial charge in [-0.2, -0.15) is 8.42 Å². The SMILES string of the molecule is CCCCCCCCCCCCCCCCCCCCC(O)C(CS(=O)(=O)O)NC(=O)CCCCCCCCCCCCCCCCC. The molecule has 2 unspecified atom stereocenters. The van der Waals surface area contributed by atoms with E-state index in [9.17, 15) is 22.9 Å². The second kappa shape index (κ2) is 36.1. The molecule has 0 aromatic heterocycles. The van der Waals surface area contributed by atoms with Crippen molar-refractivity contribution in [3.05, 3.63) is 0 Å². The standard InChI is InChI=1S/C41H83NO5S/c1-3-5-7-9-11-13-15-17-19-20-21-23-24-26-28-30-32-34-36-40(43)39(38-48(45,46)47)42-41(44)37-35-33-31-29-27-25-22-18-16-14-12-10-8-6-4-2/h39-40,43H,3-38H2,1-2H3,(H,42,44)(H,45,46,47). The summed E-state index contributed by atoms with van der Waals surface area (Å²) in [6.45, 7) is 4.54. The van der Waals surface area contributed by atoms with E-state index in [-0.39, 0.29) is 5.91 Å². The van der Waals surface area contributed by atoms with Gasteiger partial charge in [0.1, 0.15) is 0 Å². The maximum Gasteiger partial charge on any atom is 0.266 e. The first kappa shape index (κ1) is 47.3. The van der Waals surface area contributed by atoms with E-state index in [0.717, 1.165) is 38.5 Å². The van der Waals surface area contributed by atoms with Crippen LogP contribution in [0.1, 0.15) is 239 Å². The number of hydrogen-bond acceptors (Lipinski definition) is 4. The first-order chi connectivity index (χ1) is 23.3. The molecule has 288 valence electrons. The van der Waals surface area contributed by atoms with Crippen LogP contribution in [-0.4, -0.2) is 41.9 Å². The largest absolute Gasteiger partial charge is 0.391 e. The van der Waals surface area contributed by atoms with Gasteiger partial charge in [0, 0.05) is 6.42 Å². The summed E-state index contributed by atoms with van der Waals surface area (Å²) in [4.78, 5) is 12.5. The summed E-state index contributed by atoms with van der Waals surface area (Å²) in [5.41, 5.74) is 0. The minimum Gasteiger partial charge on any atom is -0.391 e. The van der Waals surface area contributed by atoms with Gasteiger partial charge in [-0.05, 0) is 12.8 Å². The van der Waals surface area contributed by atoms with Crippen LogP contribution in [0.3, 0.4) is 0 Å². The quantitative estimate of drug-likeness (QED) is 0.0437. The Hall–Kier alpha value is -0.660. The molecule has 0 aromatic carbocycles. The fraction of sp³-hybridized carbons (Fsp3) is 0.976. The molecule has 48 heavy (non-hydrogen) atoms. The molecule has 0 heterocycles. The third kappa shape index (κ3) is 36.6. The summed E-state index contributed by atoms with van der Waals surface area (Å²) in [6.07, 6.45) is 41.9. The van der Waals surface area contributed by atoms with E-state index in [1.165, 1.54) is 173 Å². The zero-order chi connectivity index (χ0) is 35.4. The summed E-state index contributed by atoms with van der Waals surface area (Å²) in [5.74, 6) is -0.882. The van der Waals surface area contributed by atoms with Crippen molar-refractivity contribution in [1.82, 2.24) is 5.32 Å². The highest BCUT2D eigenvalue weighted by atomic mass is 32.2. The Bertz CT molecular complexity index is 775. The van der Waals surface area contributed by atoms with Crippen LogP contribution in [0.2, 0.25) is 0 Å². The maximum absolute atomic E-state index is 12.5. The van der Waals surface area contributed by atoms with Crippen molar-refractivity contribution in [2.24, 2.45) is 0 Å². The molecule has 0 spiro atoms. The van der Waals surface area contributed by atoms with Crippen molar-refractivity contribution in [2.75, 3.05) is 5.75 Å². The fourth-order valence-electron chi connectivity index (χ4n) is 6.87. The molecule has 7 heteroatoms. The van der Waals surface area contributed by atoms with Gasteiger partial charge < -0.3 is 10.4 Å². The first-order valence-electron chi connectivity index (χ1n) is 21.2. The lowest BCUT2D eigenvalue weighted by molar-refractivity contribution is -0.122. The van der Waals surface area contributed by atoms with Gasteiger partial charge in [-0.25, -0.2) is 0 Å². The fourth-order valence-corrected chi connectivity index (χ4v) is 7.63. The topological polar surface area (TPSA) is 104 Å². The Labute approximate surface area is 299 Å². The van der Waals surface area contributed by atoms with Crippen LogP contribution in [-0.2, 0) is 14.9 Å². The molecule has 0 radical (unpaired) electrons. The second-order valence-electron chi connectivity index (χ2n) is 15.0. The molecule has 6 nitrogen and oxygen atoms in total. The number of aliphatic hydroxyl groups is 1. The summed E-state index contributed by atoms with van der Waals surface area (Å²) in [7, 11) is -4.30. The Morgan fingerprint density at radius 2 is 0.750 bits per heavy atom. The molecule has 0 aromatic rings. The van der Waals surface area contributed by atoms with Crippen molar-refractivity contribution >= 4 is 16.0 Å². The number of carbonyl (C=O) groups is 1. The smallest absolute Gasteiger partial charge is 0.266 e. The predicted molar refractivity (Wildman–Crippen MR) is 207 cm³/mol. The molecule has 2 atom stereocenters. The lowest BCUT2D eigenvalue weighted by Crippen LogP contribution is -2.47. The number of nitrogens with one attached hydrogen (secondary N) is 1. The van der Waals surface area contributed by atoms with Gasteiger partial charge in [0.2, 0.25) is 5.91 Å². The Kier molecular flexibility index (Phi) is 35.6. The molecule has 0 aliphatic carbocycles. The third-order valence-corrected chi connectivity index (χ3v) is 10.8. The minimum absolute atomic E-state index is 0.241. The van der Waals surface area contributed by atoms with Gasteiger partial charge in [-0.3, -0.25) is 9.35 Å². The zero-order valence-electron chi connectivity index (χ0n) is 32.1. The average molecular weight is 702 g/mol. The highest BCUT2D eigenvalue weighted by Crippen LogP contribution is 2.17. The number of amides is 1. The number of aliphatic hydroxyl groups excluding tert-OH is 1. The molecular weight excluding hydrogens is 619 g/mol. The number of rotatable bonds is 39. The molecule has 0 rings (SSSR count). The zero-order valence-corrected chi connectivity index (χ0v) is 33.0. The van der Waals surface area contributed by atoms with Gasteiger partial charge in [-0.15, -0.1) is 0 Å². The normalized spacial score (nSPS) is 13.2. The predicted octanol–water partition coefficient (Wildman–Crippen LogP) is 12.4. The van der Waals surface area contributed by atoms with Crippen LogP contribution in [0.4, 0.5) is 0 Å². The number of hydrogen-bond donors (Lipinski definition) is 3. The van der Waals surface area contributed by atoms with E-state index in [2.05, 4.69) is 19.2 Å². The Morgan fingerprint density at radius 1 is 0.479 bits per heavy atom. The molecule has 0 saturated carbocycles. The van der Waals surface area contributed by atoms with Crippen LogP contribution >= 0.6 is 0 Å². The molecule has 0 saturated heterocycles. The van der Waals surface area contributed by atoms with Gasteiger partial charge >= 0.3 is 0 Å². The molecule has 1 amide bonds. The van der Waals surface area contributed by atoms with Crippen molar-refractivity contribution < 1.29 is 22.9 Å². The van der Waals surface area contributed by atoms with Crippen LogP contribution in [0.15, 0.2) is 0 Å². The first-order valence-corrected chi connectivity index (χ1v) is 22.8. The summed E-state index contributed by atoms with van der Waals surface area (Å²) >= 11 is 0. The van der Waals surface area contributed by atoms with E-state index < -0.39 is 28.0 Å². The average Bonchev–Trinajstić information content (AvgIpc) is 3.05. The third-order valence-electron chi connectivity index (χ3n) is 10.1. The lowest BCUT2D eigenvalue weighted by Gasteiger charge is -2.23. The summed E-state index contributed by atoms with van der Waals surface area (Å²) < 4.78 is 32.5. The van der Waals surface area contributed by atoms with E-state index in [1.54, 1.807) is 0 Å². The van der Waals surface area contributed by atoms with Gasteiger partial charge in [0.15, 0.2) is 0 Å². The summed E-state index contributed by atoms with van der Waals surface area (Å²) in [5, 5.41) is 13.4. The van der Waals surface area contributed by atoms with Crippen LogP contribution in [0.5, 0.6) is 0 Å². The van der Waals surface area contributed by atoms with Gasteiger partial charge in [0.25, 0.3) is 10.1 Å². The van der Waals surface area contributed by atoms with Crippen molar-refractivity contribution in [3.8, 4) is 0 Å². The van der Waals surface area contributed by atoms with Crippen LogP contribution in [0.25, 0.3) is 0 Å². The van der Waals surface area contributed by atoms with Crippen LogP contribution in [0, 0.1) is 0 Å². The van der Waals surface area contributed by atoms with Crippen molar-refractivity contribution in [3.63, 3.8) is 0 Å². The molecular formula is C41H83NO5S. The minimum atomic E-state index is -4.30. The summed E-state index contributed by atoms with van der Waals surface area (Å²) in [6, 6.07) is -0.963.